The number of aromatic nitrogens is 3. The minimum absolute atomic E-state index is 0.212. The molecule has 7 aromatic carbocycles. The minimum atomic E-state index is -0.212. The maximum atomic E-state index is 6.07. The predicted molar refractivity (Wildman–Crippen MR) is 212 cm³/mol. The average molecular weight is 671 g/mol. The molecule has 1 aliphatic rings. The first-order valence-electron chi connectivity index (χ1n) is 17.7. The van der Waals surface area contributed by atoms with E-state index in [1.807, 2.05) is 30.3 Å². The van der Waals surface area contributed by atoms with Crippen LogP contribution in [0.1, 0.15) is 25.0 Å². The van der Waals surface area contributed by atoms with E-state index in [0.29, 0.717) is 11.8 Å². The van der Waals surface area contributed by atoms with Gasteiger partial charge in [0, 0.05) is 50.1 Å². The highest BCUT2D eigenvalue weighted by Gasteiger charge is 2.36. The van der Waals surface area contributed by atoms with Crippen molar-refractivity contribution in [2.75, 3.05) is 4.90 Å². The van der Waals surface area contributed by atoms with Gasteiger partial charge in [-0.15, -0.1) is 10.2 Å². The number of hydrogen-bond donors (Lipinski definition) is 0. The third-order valence-electron chi connectivity index (χ3n) is 10.6. The zero-order chi connectivity index (χ0) is 34.8. The SMILES string of the molecule is CC1(C)c2cc(N(c3ccccc3)c3ccc(-c4nnc(-c5ccccc5)o4)cc3)ccc2-c2ccc(-n3c4ccccc4c4ccccc43)cc21. The fourth-order valence-corrected chi connectivity index (χ4v) is 8.01. The summed E-state index contributed by atoms with van der Waals surface area (Å²) in [6.45, 7) is 4.71. The number of hydrogen-bond acceptors (Lipinski definition) is 4. The monoisotopic (exact) mass is 670 g/mol. The molecule has 0 N–H and O–H groups in total. The molecule has 2 heterocycles. The molecule has 0 saturated heterocycles. The van der Waals surface area contributed by atoms with Crippen molar-refractivity contribution in [2.24, 2.45) is 0 Å². The van der Waals surface area contributed by atoms with Crippen LogP contribution in [0.3, 0.4) is 0 Å². The number of anilines is 3. The Labute approximate surface area is 302 Å². The predicted octanol–water partition coefficient (Wildman–Crippen LogP) is 12.3. The Balaban J connectivity index is 1.04. The molecule has 0 radical (unpaired) electrons. The van der Waals surface area contributed by atoms with Crippen LogP contribution in [0.2, 0.25) is 0 Å². The Hall–Kier alpha value is -6.72. The van der Waals surface area contributed by atoms with Crippen LogP contribution in [0.25, 0.3) is 61.5 Å². The van der Waals surface area contributed by atoms with E-state index in [9.17, 15) is 0 Å². The van der Waals surface area contributed by atoms with Crippen molar-refractivity contribution < 1.29 is 4.42 Å². The van der Waals surface area contributed by atoms with E-state index in [0.717, 1.165) is 28.2 Å². The Morgan fingerprint density at radius 2 is 0.981 bits per heavy atom. The largest absolute Gasteiger partial charge is 0.416 e. The third-order valence-corrected chi connectivity index (χ3v) is 10.6. The van der Waals surface area contributed by atoms with Gasteiger partial charge in [0.05, 0.1) is 11.0 Å². The summed E-state index contributed by atoms with van der Waals surface area (Å²) in [6, 6.07) is 60.1. The number of benzene rings is 7. The van der Waals surface area contributed by atoms with Crippen LogP contribution in [-0.2, 0) is 5.41 Å². The molecule has 1 aliphatic carbocycles. The lowest BCUT2D eigenvalue weighted by Gasteiger charge is -2.28. The van der Waals surface area contributed by atoms with E-state index in [2.05, 4.69) is 173 Å². The van der Waals surface area contributed by atoms with E-state index in [1.165, 1.54) is 49.7 Å². The number of nitrogens with zero attached hydrogens (tertiary/aromatic N) is 4. The van der Waals surface area contributed by atoms with Gasteiger partial charge in [0.15, 0.2) is 0 Å². The van der Waals surface area contributed by atoms with Crippen LogP contribution in [-0.4, -0.2) is 14.8 Å². The van der Waals surface area contributed by atoms with Crippen molar-refractivity contribution in [2.45, 2.75) is 19.3 Å². The summed E-state index contributed by atoms with van der Waals surface area (Å²) in [5.41, 5.74) is 13.6. The van der Waals surface area contributed by atoms with Crippen LogP contribution in [0.15, 0.2) is 174 Å². The Morgan fingerprint density at radius 3 is 1.63 bits per heavy atom. The van der Waals surface area contributed by atoms with Gasteiger partial charge in [-0.05, 0) is 107 Å². The maximum Gasteiger partial charge on any atom is 0.248 e. The van der Waals surface area contributed by atoms with Crippen molar-refractivity contribution >= 4 is 38.9 Å². The van der Waals surface area contributed by atoms with Gasteiger partial charge in [-0.1, -0.05) is 98.8 Å². The van der Waals surface area contributed by atoms with Crippen LogP contribution >= 0.6 is 0 Å². The van der Waals surface area contributed by atoms with E-state index < -0.39 is 0 Å². The van der Waals surface area contributed by atoms with Crippen molar-refractivity contribution in [1.29, 1.82) is 0 Å². The zero-order valence-electron chi connectivity index (χ0n) is 28.9. The lowest BCUT2D eigenvalue weighted by Crippen LogP contribution is -2.17. The first-order chi connectivity index (χ1) is 25.5. The lowest BCUT2D eigenvalue weighted by molar-refractivity contribution is 0.584. The Morgan fingerprint density at radius 1 is 0.481 bits per heavy atom. The molecule has 0 bridgehead atoms. The van der Waals surface area contributed by atoms with E-state index in [-0.39, 0.29) is 5.41 Å². The van der Waals surface area contributed by atoms with Gasteiger partial charge in [-0.3, -0.25) is 0 Å². The minimum Gasteiger partial charge on any atom is -0.416 e. The second-order valence-electron chi connectivity index (χ2n) is 14.0. The molecule has 10 rings (SSSR count). The molecule has 0 fully saturated rings. The van der Waals surface area contributed by atoms with Gasteiger partial charge < -0.3 is 13.9 Å². The molecule has 0 spiro atoms. The fraction of sp³-hybridized carbons (Fsp3) is 0.0638. The molecule has 2 aromatic heterocycles. The molecule has 52 heavy (non-hydrogen) atoms. The van der Waals surface area contributed by atoms with Gasteiger partial charge in [0.2, 0.25) is 11.8 Å². The first-order valence-corrected chi connectivity index (χ1v) is 17.7. The fourth-order valence-electron chi connectivity index (χ4n) is 8.01. The summed E-state index contributed by atoms with van der Waals surface area (Å²) in [5.74, 6) is 1.00. The van der Waals surface area contributed by atoms with Gasteiger partial charge in [0.25, 0.3) is 0 Å². The van der Waals surface area contributed by atoms with Crippen LogP contribution in [0.4, 0.5) is 17.1 Å². The van der Waals surface area contributed by atoms with E-state index in [1.54, 1.807) is 0 Å². The summed E-state index contributed by atoms with van der Waals surface area (Å²) in [7, 11) is 0. The molecule has 0 unspecified atom stereocenters. The van der Waals surface area contributed by atoms with Gasteiger partial charge >= 0.3 is 0 Å². The lowest BCUT2D eigenvalue weighted by atomic mass is 9.82. The van der Waals surface area contributed by atoms with Crippen molar-refractivity contribution in [1.82, 2.24) is 14.8 Å². The Bertz CT molecular complexity index is 2710. The third kappa shape index (κ3) is 4.70. The summed E-state index contributed by atoms with van der Waals surface area (Å²) in [4.78, 5) is 2.32. The molecule has 0 atom stereocenters. The highest BCUT2D eigenvalue weighted by Crippen LogP contribution is 2.51. The standard InChI is InChI=1S/C47H34N4O/c1-47(2)41-29-35(25-27-37(41)38-28-26-36(30-42(38)47)51-43-19-11-9-17-39(43)40-18-10-12-20-44(40)51)50(33-15-7-4-8-16-33)34-23-21-32(22-24-34)46-49-48-45(52-46)31-13-5-3-6-14-31/h3-30H,1-2H3. The molecular weight excluding hydrogens is 637 g/mol. The summed E-state index contributed by atoms with van der Waals surface area (Å²) in [6.07, 6.45) is 0. The first kappa shape index (κ1) is 30.1. The molecule has 248 valence electrons. The highest BCUT2D eigenvalue weighted by atomic mass is 16.4. The number of rotatable bonds is 6. The van der Waals surface area contributed by atoms with Crippen molar-refractivity contribution in [3.05, 3.63) is 181 Å². The second-order valence-corrected chi connectivity index (χ2v) is 14.0. The van der Waals surface area contributed by atoms with Crippen molar-refractivity contribution in [3.63, 3.8) is 0 Å². The van der Waals surface area contributed by atoms with Crippen molar-refractivity contribution in [3.8, 4) is 39.7 Å². The maximum absolute atomic E-state index is 6.07. The summed E-state index contributed by atoms with van der Waals surface area (Å²) in [5, 5.41) is 11.2. The molecule has 9 aromatic rings. The van der Waals surface area contributed by atoms with Crippen LogP contribution in [0.5, 0.6) is 0 Å². The molecule has 0 aliphatic heterocycles. The topological polar surface area (TPSA) is 47.1 Å². The number of fused-ring (bicyclic) bond motifs is 6. The Kier molecular flexibility index (Phi) is 6.77. The molecule has 0 amide bonds. The van der Waals surface area contributed by atoms with Gasteiger partial charge in [0.1, 0.15) is 0 Å². The van der Waals surface area contributed by atoms with Gasteiger partial charge in [-0.25, -0.2) is 0 Å². The normalized spacial score (nSPS) is 13.0. The molecule has 0 saturated carbocycles. The quantitative estimate of drug-likeness (QED) is 0.177. The van der Waals surface area contributed by atoms with E-state index >= 15 is 0 Å². The smallest absolute Gasteiger partial charge is 0.248 e. The molecule has 5 nitrogen and oxygen atoms in total. The number of para-hydroxylation sites is 3. The second kappa shape index (κ2) is 11.7. The average Bonchev–Trinajstić information content (AvgIpc) is 3.88. The highest BCUT2D eigenvalue weighted by molar-refractivity contribution is 6.09. The van der Waals surface area contributed by atoms with Crippen LogP contribution < -0.4 is 4.90 Å². The molecule has 5 heteroatoms. The zero-order valence-corrected chi connectivity index (χ0v) is 28.9. The summed E-state index contributed by atoms with van der Waals surface area (Å²) >= 11 is 0. The van der Waals surface area contributed by atoms with E-state index in [4.69, 9.17) is 4.42 Å². The summed E-state index contributed by atoms with van der Waals surface area (Å²) < 4.78 is 8.48. The molecular formula is C47H34N4O. The van der Waals surface area contributed by atoms with Crippen LogP contribution in [0, 0.1) is 0 Å². The van der Waals surface area contributed by atoms with Gasteiger partial charge in [-0.2, -0.15) is 0 Å².